The molecule has 2 aromatic carbocycles. The third-order valence-electron chi connectivity index (χ3n) is 5.05. The van der Waals surface area contributed by atoms with Gasteiger partial charge < -0.3 is 13.8 Å². The van der Waals surface area contributed by atoms with Gasteiger partial charge in [-0.1, -0.05) is 35.0 Å². The van der Waals surface area contributed by atoms with Gasteiger partial charge in [-0.2, -0.15) is 18.2 Å². The minimum Gasteiger partial charge on any atom is -0.467 e. The van der Waals surface area contributed by atoms with E-state index >= 15 is 0 Å². The maximum absolute atomic E-state index is 13.1. The number of halogens is 3. The molecule has 1 amide bonds. The van der Waals surface area contributed by atoms with Crippen molar-refractivity contribution >= 4 is 5.91 Å². The Bertz CT molecular complexity index is 1200. The smallest absolute Gasteiger partial charge is 0.416 e. The summed E-state index contributed by atoms with van der Waals surface area (Å²) < 4.78 is 48.9. The molecule has 9 heteroatoms. The van der Waals surface area contributed by atoms with E-state index in [1.165, 1.54) is 18.4 Å². The van der Waals surface area contributed by atoms with Gasteiger partial charge in [-0.25, -0.2) is 0 Å². The van der Waals surface area contributed by atoms with Crippen LogP contribution < -0.4 is 0 Å². The number of benzene rings is 2. The van der Waals surface area contributed by atoms with Crippen LogP contribution in [0.4, 0.5) is 13.2 Å². The Hall–Kier alpha value is -3.88. The molecule has 0 bridgehead atoms. The molecule has 0 aliphatic rings. The summed E-state index contributed by atoms with van der Waals surface area (Å²) in [6, 6.07) is 15.3. The van der Waals surface area contributed by atoms with Crippen LogP contribution in [0.1, 0.15) is 33.1 Å². The van der Waals surface area contributed by atoms with Crippen LogP contribution in [0, 0.1) is 6.92 Å². The maximum Gasteiger partial charge on any atom is 0.416 e. The number of aromatic nitrogens is 2. The summed E-state index contributed by atoms with van der Waals surface area (Å²) in [5.41, 5.74) is 1.24. The molecule has 0 spiro atoms. The van der Waals surface area contributed by atoms with Gasteiger partial charge in [0.15, 0.2) is 0 Å². The number of aryl methyl sites for hydroxylation is 1. The van der Waals surface area contributed by atoms with Gasteiger partial charge in [-0.3, -0.25) is 4.79 Å². The first-order valence-corrected chi connectivity index (χ1v) is 10.2. The standard InChI is InChI=1S/C24H20F3N3O3/c1-16-4-6-18(7-5-16)23(31)30(15-20-3-2-14-32-20)13-12-21-28-22(29-33-21)17-8-10-19(11-9-17)24(25,26)27/h2-11,14H,12-13,15H2,1H3. The van der Waals surface area contributed by atoms with E-state index in [0.29, 0.717) is 16.9 Å². The number of hydrogen-bond donors (Lipinski definition) is 0. The Morgan fingerprint density at radius 1 is 1.03 bits per heavy atom. The summed E-state index contributed by atoms with van der Waals surface area (Å²) in [6.07, 6.45) is -2.60. The lowest BCUT2D eigenvalue weighted by Gasteiger charge is -2.21. The molecule has 170 valence electrons. The number of rotatable bonds is 7. The van der Waals surface area contributed by atoms with Crippen LogP contribution >= 0.6 is 0 Å². The molecule has 2 heterocycles. The van der Waals surface area contributed by atoms with Crippen molar-refractivity contribution in [1.82, 2.24) is 15.0 Å². The SMILES string of the molecule is Cc1ccc(C(=O)N(CCc2nc(-c3ccc(C(F)(F)F)cc3)no2)Cc2ccco2)cc1. The van der Waals surface area contributed by atoms with Gasteiger partial charge in [0.05, 0.1) is 18.4 Å². The van der Waals surface area contributed by atoms with Crippen LogP contribution in [0.5, 0.6) is 0 Å². The monoisotopic (exact) mass is 455 g/mol. The average Bonchev–Trinajstić information content (AvgIpc) is 3.48. The van der Waals surface area contributed by atoms with Crippen LogP contribution in [0.15, 0.2) is 75.9 Å². The van der Waals surface area contributed by atoms with Crippen LogP contribution in [0.25, 0.3) is 11.4 Å². The highest BCUT2D eigenvalue weighted by atomic mass is 19.4. The fourth-order valence-corrected chi connectivity index (χ4v) is 3.23. The second-order valence-corrected chi connectivity index (χ2v) is 7.51. The van der Waals surface area contributed by atoms with Gasteiger partial charge in [0, 0.05) is 24.1 Å². The summed E-state index contributed by atoms with van der Waals surface area (Å²) in [5, 5.41) is 3.86. The van der Waals surface area contributed by atoms with Crippen molar-refractivity contribution < 1.29 is 26.9 Å². The Kier molecular flexibility index (Phi) is 6.30. The number of alkyl halides is 3. The highest BCUT2D eigenvalue weighted by molar-refractivity contribution is 5.94. The first-order valence-electron chi connectivity index (χ1n) is 10.2. The zero-order valence-corrected chi connectivity index (χ0v) is 17.7. The van der Waals surface area contributed by atoms with Gasteiger partial charge >= 0.3 is 6.18 Å². The molecule has 0 radical (unpaired) electrons. The third kappa shape index (κ3) is 5.49. The van der Waals surface area contributed by atoms with E-state index < -0.39 is 11.7 Å². The number of amides is 1. The molecule has 0 aliphatic heterocycles. The zero-order chi connectivity index (χ0) is 23.4. The van der Waals surface area contributed by atoms with E-state index in [-0.39, 0.29) is 37.1 Å². The van der Waals surface area contributed by atoms with E-state index in [1.54, 1.807) is 29.2 Å². The highest BCUT2D eigenvalue weighted by Crippen LogP contribution is 2.30. The van der Waals surface area contributed by atoms with Crippen molar-refractivity contribution in [3.05, 3.63) is 95.3 Å². The number of carbonyl (C=O) groups is 1. The van der Waals surface area contributed by atoms with E-state index in [2.05, 4.69) is 10.1 Å². The predicted octanol–water partition coefficient (Wildman–Crippen LogP) is 5.54. The molecule has 4 rings (SSSR count). The van der Waals surface area contributed by atoms with Gasteiger partial charge in [-0.05, 0) is 43.3 Å². The van der Waals surface area contributed by atoms with Crippen LogP contribution in [0.2, 0.25) is 0 Å². The first-order chi connectivity index (χ1) is 15.8. The maximum atomic E-state index is 13.1. The summed E-state index contributed by atoms with van der Waals surface area (Å²) in [5.74, 6) is 0.910. The quantitative estimate of drug-likeness (QED) is 0.366. The van der Waals surface area contributed by atoms with Crippen molar-refractivity contribution in [1.29, 1.82) is 0 Å². The molecule has 0 saturated heterocycles. The van der Waals surface area contributed by atoms with Crippen molar-refractivity contribution in [2.75, 3.05) is 6.54 Å². The van der Waals surface area contributed by atoms with Crippen LogP contribution in [-0.4, -0.2) is 27.5 Å². The van der Waals surface area contributed by atoms with E-state index in [0.717, 1.165) is 17.7 Å². The van der Waals surface area contributed by atoms with Crippen molar-refractivity contribution in [2.45, 2.75) is 26.1 Å². The number of nitrogens with zero attached hydrogens (tertiary/aromatic N) is 3. The second kappa shape index (κ2) is 9.32. The van der Waals surface area contributed by atoms with E-state index in [4.69, 9.17) is 8.94 Å². The average molecular weight is 455 g/mol. The lowest BCUT2D eigenvalue weighted by Crippen LogP contribution is -2.32. The molecule has 0 fully saturated rings. The Morgan fingerprint density at radius 3 is 2.39 bits per heavy atom. The van der Waals surface area contributed by atoms with Crippen molar-refractivity contribution in [2.24, 2.45) is 0 Å². The van der Waals surface area contributed by atoms with E-state index in [9.17, 15) is 18.0 Å². The molecule has 0 N–H and O–H groups in total. The molecular formula is C24H20F3N3O3. The summed E-state index contributed by atoms with van der Waals surface area (Å²) in [6.45, 7) is 2.49. The second-order valence-electron chi connectivity index (χ2n) is 7.51. The Morgan fingerprint density at radius 2 is 1.76 bits per heavy atom. The third-order valence-corrected chi connectivity index (χ3v) is 5.05. The topological polar surface area (TPSA) is 72.4 Å². The largest absolute Gasteiger partial charge is 0.467 e. The molecule has 0 atom stereocenters. The minimum absolute atomic E-state index is 0.172. The lowest BCUT2D eigenvalue weighted by atomic mass is 10.1. The predicted molar refractivity (Wildman–Crippen MR) is 113 cm³/mol. The zero-order valence-electron chi connectivity index (χ0n) is 17.7. The summed E-state index contributed by atoms with van der Waals surface area (Å²) in [7, 11) is 0. The molecule has 4 aromatic rings. The molecular weight excluding hydrogens is 435 g/mol. The molecule has 0 saturated carbocycles. The van der Waals surface area contributed by atoms with Crippen molar-refractivity contribution in [3.63, 3.8) is 0 Å². The van der Waals surface area contributed by atoms with Gasteiger partial charge in [0.25, 0.3) is 5.91 Å². The molecule has 0 aliphatic carbocycles. The fraction of sp³-hybridized carbons (Fsp3) is 0.208. The fourth-order valence-electron chi connectivity index (χ4n) is 3.23. The van der Waals surface area contributed by atoms with Gasteiger partial charge in [0.2, 0.25) is 11.7 Å². The Balaban J connectivity index is 1.47. The van der Waals surface area contributed by atoms with Crippen LogP contribution in [0.3, 0.4) is 0 Å². The van der Waals surface area contributed by atoms with Crippen LogP contribution in [-0.2, 0) is 19.1 Å². The summed E-state index contributed by atoms with van der Waals surface area (Å²) >= 11 is 0. The normalized spacial score (nSPS) is 11.5. The first kappa shape index (κ1) is 22.3. The summed E-state index contributed by atoms with van der Waals surface area (Å²) in [4.78, 5) is 19.0. The molecule has 0 unspecified atom stereocenters. The molecule has 2 aromatic heterocycles. The van der Waals surface area contributed by atoms with Gasteiger partial charge in [-0.15, -0.1) is 0 Å². The van der Waals surface area contributed by atoms with Crippen molar-refractivity contribution in [3.8, 4) is 11.4 Å². The molecule has 33 heavy (non-hydrogen) atoms. The number of furan rings is 1. The highest BCUT2D eigenvalue weighted by Gasteiger charge is 2.30. The minimum atomic E-state index is -4.41. The lowest BCUT2D eigenvalue weighted by molar-refractivity contribution is -0.137. The van der Waals surface area contributed by atoms with E-state index in [1.807, 2.05) is 19.1 Å². The van der Waals surface area contributed by atoms with Gasteiger partial charge in [0.1, 0.15) is 5.76 Å². The number of hydrogen-bond acceptors (Lipinski definition) is 5. The molecule has 6 nitrogen and oxygen atoms in total. The Labute approximate surface area is 187 Å². The number of carbonyl (C=O) groups excluding carboxylic acids is 1.